The van der Waals surface area contributed by atoms with Crippen LogP contribution in [0.2, 0.25) is 0 Å². The van der Waals surface area contributed by atoms with E-state index in [2.05, 4.69) is 15.6 Å². The van der Waals surface area contributed by atoms with Gasteiger partial charge in [0, 0.05) is 19.6 Å². The van der Waals surface area contributed by atoms with Crippen molar-refractivity contribution in [2.75, 3.05) is 39.3 Å². The molecule has 0 spiro atoms. The second kappa shape index (κ2) is 9.59. The number of likely N-dealkylation sites (N-methyl/N-ethyl adjacent to an activating group) is 1. The summed E-state index contributed by atoms with van der Waals surface area (Å²) in [6.45, 7) is 6.11. The minimum atomic E-state index is -4.40. The van der Waals surface area contributed by atoms with Crippen LogP contribution in [0.15, 0.2) is 29.3 Å². The molecule has 1 saturated heterocycles. The number of amides is 1. The predicted octanol–water partition coefficient (Wildman–Crippen LogP) is 2.18. The van der Waals surface area contributed by atoms with Crippen LogP contribution >= 0.6 is 0 Å². The number of alkyl halides is 3. The summed E-state index contributed by atoms with van der Waals surface area (Å²) in [5.41, 5.74) is -0.230. The van der Waals surface area contributed by atoms with Crippen molar-refractivity contribution in [2.45, 2.75) is 26.1 Å². The highest BCUT2D eigenvalue weighted by Crippen LogP contribution is 2.32. The Kier molecular flexibility index (Phi) is 7.46. The second-order valence-corrected chi connectivity index (χ2v) is 6.05. The van der Waals surface area contributed by atoms with E-state index in [1.807, 2.05) is 18.7 Å². The number of halogens is 3. The standard InChI is InChI=1S/C18H25F3N4O2/c1-3-22-16(26)11-24-17(23-4-2)25-8-9-27-15(12-25)13-6-5-7-14(10-13)18(19,20)21/h5-7,10,15H,3-4,8-9,11-12H2,1-2H3,(H,22,26)(H,23,24). The van der Waals surface area contributed by atoms with Gasteiger partial charge in [-0.3, -0.25) is 4.79 Å². The molecule has 1 aromatic carbocycles. The third-order valence-corrected chi connectivity index (χ3v) is 4.03. The summed E-state index contributed by atoms with van der Waals surface area (Å²) >= 11 is 0. The third-order valence-electron chi connectivity index (χ3n) is 4.03. The first kappa shape index (κ1) is 21.0. The average molecular weight is 386 g/mol. The fraction of sp³-hybridized carbons (Fsp3) is 0.556. The monoisotopic (exact) mass is 386 g/mol. The quantitative estimate of drug-likeness (QED) is 0.601. The van der Waals surface area contributed by atoms with E-state index in [1.54, 1.807) is 6.07 Å². The van der Waals surface area contributed by atoms with Gasteiger partial charge >= 0.3 is 6.18 Å². The smallest absolute Gasteiger partial charge is 0.370 e. The summed E-state index contributed by atoms with van der Waals surface area (Å²) in [6, 6.07) is 5.17. The Morgan fingerprint density at radius 2 is 2.04 bits per heavy atom. The van der Waals surface area contributed by atoms with E-state index >= 15 is 0 Å². The molecule has 2 rings (SSSR count). The van der Waals surface area contributed by atoms with Gasteiger partial charge in [0.1, 0.15) is 12.6 Å². The Morgan fingerprint density at radius 1 is 1.30 bits per heavy atom. The molecule has 1 aliphatic heterocycles. The number of hydrogen-bond donors (Lipinski definition) is 2. The molecule has 6 nitrogen and oxygen atoms in total. The van der Waals surface area contributed by atoms with Crippen LogP contribution in [-0.4, -0.2) is 56.1 Å². The zero-order valence-corrected chi connectivity index (χ0v) is 15.5. The number of guanidine groups is 1. The Morgan fingerprint density at radius 3 is 2.70 bits per heavy atom. The Labute approximate surface area is 156 Å². The first-order valence-corrected chi connectivity index (χ1v) is 8.93. The SMILES string of the molecule is CCNC(=O)CN=C(NCC)N1CCOC(c2cccc(C(F)(F)F)c2)C1. The van der Waals surface area contributed by atoms with E-state index in [0.717, 1.165) is 12.1 Å². The van der Waals surface area contributed by atoms with Gasteiger partial charge in [0.25, 0.3) is 0 Å². The first-order chi connectivity index (χ1) is 12.8. The van der Waals surface area contributed by atoms with Gasteiger partial charge in [0.15, 0.2) is 5.96 Å². The predicted molar refractivity (Wildman–Crippen MR) is 96.4 cm³/mol. The molecular formula is C18H25F3N4O2. The van der Waals surface area contributed by atoms with Crippen molar-refractivity contribution in [1.82, 2.24) is 15.5 Å². The van der Waals surface area contributed by atoms with Crippen LogP contribution in [0, 0.1) is 0 Å². The topological polar surface area (TPSA) is 66.0 Å². The van der Waals surface area contributed by atoms with Gasteiger partial charge in [-0.2, -0.15) is 13.2 Å². The van der Waals surface area contributed by atoms with Crippen LogP contribution in [0.1, 0.15) is 31.1 Å². The van der Waals surface area contributed by atoms with Gasteiger partial charge in [-0.05, 0) is 31.5 Å². The van der Waals surface area contributed by atoms with Crippen LogP contribution in [-0.2, 0) is 15.7 Å². The molecular weight excluding hydrogens is 361 g/mol. The number of carbonyl (C=O) groups excluding carboxylic acids is 1. The van der Waals surface area contributed by atoms with Gasteiger partial charge in [0.05, 0.1) is 18.7 Å². The number of aliphatic imine (C=N–C) groups is 1. The van der Waals surface area contributed by atoms with E-state index < -0.39 is 17.8 Å². The molecule has 9 heteroatoms. The number of morpholine rings is 1. The Hall–Kier alpha value is -2.29. The summed E-state index contributed by atoms with van der Waals surface area (Å²) < 4.78 is 44.6. The van der Waals surface area contributed by atoms with Crippen molar-refractivity contribution < 1.29 is 22.7 Å². The number of benzene rings is 1. The van der Waals surface area contributed by atoms with Crippen molar-refractivity contribution in [3.05, 3.63) is 35.4 Å². The van der Waals surface area contributed by atoms with Crippen LogP contribution in [0.5, 0.6) is 0 Å². The molecule has 0 saturated carbocycles. The average Bonchev–Trinajstić information content (AvgIpc) is 2.65. The number of nitrogens with zero attached hydrogens (tertiary/aromatic N) is 2. The van der Waals surface area contributed by atoms with Gasteiger partial charge in [-0.15, -0.1) is 0 Å². The highest BCUT2D eigenvalue weighted by Gasteiger charge is 2.32. The lowest BCUT2D eigenvalue weighted by atomic mass is 10.0. The maximum absolute atomic E-state index is 13.0. The van der Waals surface area contributed by atoms with Gasteiger partial charge in [0.2, 0.25) is 5.91 Å². The number of hydrogen-bond acceptors (Lipinski definition) is 3. The molecule has 1 atom stereocenters. The third kappa shape index (κ3) is 6.13. The second-order valence-electron chi connectivity index (χ2n) is 6.05. The summed E-state index contributed by atoms with van der Waals surface area (Å²) in [5, 5.41) is 5.80. The lowest BCUT2D eigenvalue weighted by Gasteiger charge is -2.35. The number of rotatable bonds is 5. The molecule has 1 aliphatic rings. The summed E-state index contributed by atoms with van der Waals surface area (Å²) in [4.78, 5) is 17.9. The van der Waals surface area contributed by atoms with E-state index in [0.29, 0.717) is 44.3 Å². The highest BCUT2D eigenvalue weighted by molar-refractivity contribution is 5.85. The summed E-state index contributed by atoms with van der Waals surface area (Å²) in [5.74, 6) is 0.361. The van der Waals surface area contributed by atoms with Crippen molar-refractivity contribution in [1.29, 1.82) is 0 Å². The van der Waals surface area contributed by atoms with Crippen molar-refractivity contribution in [2.24, 2.45) is 4.99 Å². The minimum absolute atomic E-state index is 0.0121. The van der Waals surface area contributed by atoms with Gasteiger partial charge in [-0.1, -0.05) is 12.1 Å². The largest absolute Gasteiger partial charge is 0.416 e. The van der Waals surface area contributed by atoms with E-state index in [1.165, 1.54) is 6.07 Å². The molecule has 1 unspecified atom stereocenters. The normalized spacial score (nSPS) is 18.3. The molecule has 2 N–H and O–H groups in total. The van der Waals surface area contributed by atoms with Crippen molar-refractivity contribution in [3.63, 3.8) is 0 Å². The van der Waals surface area contributed by atoms with Crippen LogP contribution in [0.3, 0.4) is 0 Å². The van der Waals surface area contributed by atoms with Crippen molar-refractivity contribution in [3.8, 4) is 0 Å². The zero-order chi connectivity index (χ0) is 19.9. The van der Waals surface area contributed by atoms with Crippen LogP contribution < -0.4 is 10.6 Å². The lowest BCUT2D eigenvalue weighted by Crippen LogP contribution is -2.48. The molecule has 0 radical (unpaired) electrons. The van der Waals surface area contributed by atoms with E-state index in [9.17, 15) is 18.0 Å². The minimum Gasteiger partial charge on any atom is -0.370 e. The van der Waals surface area contributed by atoms with Crippen molar-refractivity contribution >= 4 is 11.9 Å². The first-order valence-electron chi connectivity index (χ1n) is 8.93. The molecule has 0 aliphatic carbocycles. The summed E-state index contributed by atoms with van der Waals surface area (Å²) in [7, 11) is 0. The van der Waals surface area contributed by atoms with Gasteiger partial charge in [-0.25, -0.2) is 4.99 Å². The number of carbonyl (C=O) groups is 1. The molecule has 1 amide bonds. The summed E-state index contributed by atoms with van der Waals surface area (Å²) in [6.07, 6.45) is -4.90. The van der Waals surface area contributed by atoms with Crippen LogP contribution in [0.4, 0.5) is 13.2 Å². The molecule has 1 aromatic rings. The van der Waals surface area contributed by atoms with E-state index in [4.69, 9.17) is 4.74 Å². The Balaban J connectivity index is 2.13. The van der Waals surface area contributed by atoms with Crippen LogP contribution in [0.25, 0.3) is 0 Å². The molecule has 27 heavy (non-hydrogen) atoms. The fourth-order valence-corrected chi connectivity index (χ4v) is 2.78. The molecule has 1 fully saturated rings. The Bertz CT molecular complexity index is 664. The molecule has 1 heterocycles. The molecule has 150 valence electrons. The zero-order valence-electron chi connectivity index (χ0n) is 15.5. The maximum atomic E-state index is 13.0. The van der Waals surface area contributed by atoms with E-state index in [-0.39, 0.29) is 12.5 Å². The highest BCUT2D eigenvalue weighted by atomic mass is 19.4. The molecule has 0 bridgehead atoms. The fourth-order valence-electron chi connectivity index (χ4n) is 2.78. The lowest BCUT2D eigenvalue weighted by molar-refractivity contribution is -0.137. The number of nitrogens with one attached hydrogen (secondary N) is 2. The number of ether oxygens (including phenoxy) is 1. The molecule has 0 aromatic heterocycles. The van der Waals surface area contributed by atoms with Gasteiger partial charge < -0.3 is 20.3 Å². The maximum Gasteiger partial charge on any atom is 0.416 e.